The normalized spacial score (nSPS) is 10.9. The number of nitrogens with one attached hydrogen (secondary N) is 2. The summed E-state index contributed by atoms with van der Waals surface area (Å²) >= 11 is 0. The molecule has 0 saturated carbocycles. The molecule has 0 radical (unpaired) electrons. The van der Waals surface area contributed by atoms with Crippen LogP contribution in [0.25, 0.3) is 0 Å². The van der Waals surface area contributed by atoms with Gasteiger partial charge in [-0.25, -0.2) is 9.11 Å². The second-order valence-corrected chi connectivity index (χ2v) is 5.31. The van der Waals surface area contributed by atoms with Gasteiger partial charge in [0.1, 0.15) is 5.82 Å². The van der Waals surface area contributed by atoms with Crippen LogP contribution in [0.3, 0.4) is 0 Å². The second kappa shape index (κ2) is 7.21. The number of hydrogen-bond acceptors (Lipinski definition) is 3. The maximum Gasteiger partial charge on any atom is 0.276 e. The van der Waals surface area contributed by atoms with Crippen LogP contribution in [-0.2, 0) is 16.8 Å². The predicted octanol–water partition coefficient (Wildman–Crippen LogP) is 0.113. The van der Waals surface area contributed by atoms with E-state index in [1.807, 2.05) is 0 Å². The third-order valence-electron chi connectivity index (χ3n) is 2.24. The van der Waals surface area contributed by atoms with Gasteiger partial charge in [-0.2, -0.15) is 13.1 Å². The third-order valence-corrected chi connectivity index (χ3v) is 3.30. The van der Waals surface area contributed by atoms with Crippen molar-refractivity contribution in [3.63, 3.8) is 0 Å². The van der Waals surface area contributed by atoms with E-state index < -0.39 is 16.0 Å². The van der Waals surface area contributed by atoms with Gasteiger partial charge in [0.05, 0.1) is 6.61 Å². The molecule has 0 heterocycles. The van der Waals surface area contributed by atoms with Gasteiger partial charge in [0, 0.05) is 31.1 Å². The van der Waals surface area contributed by atoms with Gasteiger partial charge < -0.3 is 5.11 Å². The summed E-state index contributed by atoms with van der Waals surface area (Å²) < 4.78 is 40.1. The average molecular weight is 286 g/mol. The van der Waals surface area contributed by atoms with Crippen molar-refractivity contribution in [1.29, 1.82) is 0 Å². The molecule has 1 aromatic carbocycles. The zero-order chi connectivity index (χ0) is 14.3. The highest BCUT2D eigenvalue weighted by Gasteiger charge is 2.08. The van der Waals surface area contributed by atoms with Crippen LogP contribution in [0.2, 0.25) is 0 Å². The minimum Gasteiger partial charge on any atom is -0.395 e. The minimum atomic E-state index is -3.60. The van der Waals surface area contributed by atoms with Gasteiger partial charge in [-0.1, -0.05) is 11.8 Å². The Kier molecular flexibility index (Phi) is 5.92. The molecule has 104 valence electrons. The van der Waals surface area contributed by atoms with Gasteiger partial charge in [0.2, 0.25) is 0 Å². The molecular weight excluding hydrogens is 271 g/mol. The molecule has 0 spiro atoms. The van der Waals surface area contributed by atoms with Crippen molar-refractivity contribution in [3.8, 4) is 11.8 Å². The Morgan fingerprint density at radius 2 is 2.16 bits per heavy atom. The highest BCUT2D eigenvalue weighted by Crippen LogP contribution is 2.10. The molecule has 0 bridgehead atoms. The van der Waals surface area contributed by atoms with Crippen molar-refractivity contribution in [1.82, 2.24) is 9.44 Å². The summed E-state index contributed by atoms with van der Waals surface area (Å²) in [6.07, 6.45) is 0.332. The van der Waals surface area contributed by atoms with E-state index in [1.165, 1.54) is 25.2 Å². The summed E-state index contributed by atoms with van der Waals surface area (Å²) in [6, 6.07) is 4.19. The molecule has 3 N–H and O–H groups in total. The Hall–Kier alpha value is -1.46. The van der Waals surface area contributed by atoms with Crippen LogP contribution >= 0.6 is 0 Å². The molecule has 0 aliphatic carbocycles. The Bertz CT molecular complexity index is 591. The quantitative estimate of drug-likeness (QED) is 0.672. The second-order valence-electron chi connectivity index (χ2n) is 3.61. The first-order valence-electron chi connectivity index (χ1n) is 5.55. The average Bonchev–Trinajstić information content (AvgIpc) is 2.39. The first-order valence-corrected chi connectivity index (χ1v) is 7.03. The van der Waals surface area contributed by atoms with Gasteiger partial charge in [-0.05, 0) is 18.2 Å². The molecular formula is C12H15FN2O3S. The molecule has 1 rings (SSSR count). The van der Waals surface area contributed by atoms with E-state index >= 15 is 0 Å². The fourth-order valence-corrected chi connectivity index (χ4v) is 1.74. The molecule has 0 fully saturated rings. The summed E-state index contributed by atoms with van der Waals surface area (Å²) in [5.41, 5.74) is 0.767. The lowest BCUT2D eigenvalue weighted by atomic mass is 10.1. The standard InChI is InChI=1S/C12H15FN2O3S/c1-14-19(17,18)15-9-11-8-10(4-2-3-7-16)5-6-12(11)13/h5-6,8,14-16H,3,7,9H2,1H3. The summed E-state index contributed by atoms with van der Waals surface area (Å²) in [7, 11) is -2.34. The van der Waals surface area contributed by atoms with Crippen LogP contribution in [0.15, 0.2) is 18.2 Å². The molecule has 0 atom stereocenters. The van der Waals surface area contributed by atoms with Crippen molar-refractivity contribution in [2.75, 3.05) is 13.7 Å². The number of hydrogen-bond donors (Lipinski definition) is 3. The van der Waals surface area contributed by atoms with Crippen molar-refractivity contribution in [2.45, 2.75) is 13.0 Å². The van der Waals surface area contributed by atoms with Gasteiger partial charge in [-0.3, -0.25) is 0 Å². The van der Waals surface area contributed by atoms with Crippen molar-refractivity contribution in [3.05, 3.63) is 35.1 Å². The maximum atomic E-state index is 13.5. The fourth-order valence-electron chi connectivity index (χ4n) is 1.25. The zero-order valence-corrected chi connectivity index (χ0v) is 11.2. The maximum absolute atomic E-state index is 13.5. The van der Waals surface area contributed by atoms with E-state index in [1.54, 1.807) is 0 Å². The Morgan fingerprint density at radius 1 is 1.42 bits per heavy atom. The minimum absolute atomic E-state index is 0.0387. The molecule has 0 amide bonds. The van der Waals surface area contributed by atoms with E-state index in [2.05, 4.69) is 21.3 Å². The Balaban J connectivity index is 2.84. The SMILES string of the molecule is CNS(=O)(=O)NCc1cc(C#CCCO)ccc1F. The van der Waals surface area contributed by atoms with Gasteiger partial charge in [-0.15, -0.1) is 0 Å². The third kappa shape index (κ3) is 5.36. The largest absolute Gasteiger partial charge is 0.395 e. The molecule has 19 heavy (non-hydrogen) atoms. The lowest BCUT2D eigenvalue weighted by Gasteiger charge is -2.06. The number of halogens is 1. The van der Waals surface area contributed by atoms with Gasteiger partial charge >= 0.3 is 0 Å². The molecule has 0 saturated heterocycles. The first kappa shape index (κ1) is 15.6. The Labute approximate surface area is 112 Å². The summed E-state index contributed by atoms with van der Waals surface area (Å²) in [6.45, 7) is -0.201. The van der Waals surface area contributed by atoms with E-state index in [9.17, 15) is 12.8 Å². The number of aliphatic hydroxyl groups excluding tert-OH is 1. The van der Waals surface area contributed by atoms with Crippen LogP contribution in [0, 0.1) is 17.7 Å². The topological polar surface area (TPSA) is 78.4 Å². The first-order chi connectivity index (χ1) is 8.98. The van der Waals surface area contributed by atoms with Crippen LogP contribution in [0.1, 0.15) is 17.5 Å². The van der Waals surface area contributed by atoms with Crippen LogP contribution in [0.5, 0.6) is 0 Å². The molecule has 1 aromatic rings. The van der Waals surface area contributed by atoms with Crippen molar-refractivity contribution in [2.24, 2.45) is 0 Å². The molecule has 7 heteroatoms. The van der Waals surface area contributed by atoms with Gasteiger partial charge in [0.15, 0.2) is 0 Å². The predicted molar refractivity (Wildman–Crippen MR) is 69.8 cm³/mol. The molecule has 0 unspecified atom stereocenters. The number of benzene rings is 1. The van der Waals surface area contributed by atoms with Gasteiger partial charge in [0.25, 0.3) is 10.2 Å². The summed E-state index contributed by atoms with van der Waals surface area (Å²) in [4.78, 5) is 0. The molecule has 0 aliphatic heterocycles. The van der Waals surface area contributed by atoms with E-state index in [0.717, 1.165) is 0 Å². The number of aliphatic hydroxyl groups is 1. The van der Waals surface area contributed by atoms with E-state index in [4.69, 9.17) is 5.11 Å². The molecule has 5 nitrogen and oxygen atoms in total. The zero-order valence-electron chi connectivity index (χ0n) is 10.4. The van der Waals surface area contributed by atoms with Crippen LogP contribution in [0.4, 0.5) is 4.39 Å². The smallest absolute Gasteiger partial charge is 0.276 e. The fraction of sp³-hybridized carbons (Fsp3) is 0.333. The highest BCUT2D eigenvalue weighted by molar-refractivity contribution is 7.87. The summed E-state index contributed by atoms with van der Waals surface area (Å²) in [5, 5.41) is 8.60. The Morgan fingerprint density at radius 3 is 2.79 bits per heavy atom. The van der Waals surface area contributed by atoms with Crippen molar-refractivity contribution >= 4 is 10.2 Å². The molecule has 0 aromatic heterocycles. The van der Waals surface area contributed by atoms with E-state index in [0.29, 0.717) is 12.0 Å². The summed E-state index contributed by atoms with van der Waals surface area (Å²) in [5.74, 6) is 4.96. The molecule has 0 aliphatic rings. The number of rotatable bonds is 5. The lowest BCUT2D eigenvalue weighted by molar-refractivity contribution is 0.305. The van der Waals surface area contributed by atoms with Crippen molar-refractivity contribution < 1.29 is 17.9 Å². The van der Waals surface area contributed by atoms with Crippen LogP contribution in [-0.4, -0.2) is 27.2 Å². The lowest BCUT2D eigenvalue weighted by Crippen LogP contribution is -2.33. The monoisotopic (exact) mass is 286 g/mol. The van der Waals surface area contributed by atoms with Crippen LogP contribution < -0.4 is 9.44 Å². The highest BCUT2D eigenvalue weighted by atomic mass is 32.2. The van der Waals surface area contributed by atoms with E-state index in [-0.39, 0.29) is 18.7 Å².